The van der Waals surface area contributed by atoms with Crippen LogP contribution in [0.25, 0.3) is 10.9 Å². The molecule has 160 valence electrons. The fraction of sp³-hybridized carbons (Fsp3) is 0.185. The van der Waals surface area contributed by atoms with E-state index in [0.29, 0.717) is 18.7 Å². The van der Waals surface area contributed by atoms with Gasteiger partial charge in [-0.05, 0) is 18.2 Å². The van der Waals surface area contributed by atoms with Crippen molar-refractivity contribution in [1.82, 2.24) is 9.88 Å². The standard InChI is InChI=1S/C27H25N3O2/c31-26(23-19-28-24-14-8-7-13-22(23)24)25(20-9-3-1-4-10-20)29-15-17-30(18-16-29)27(32)21-11-5-2-6-12-21/h1-14,19,25,28H,15-18H2/p+1/t25-/m0/s1. The lowest BCUT2D eigenvalue weighted by Crippen LogP contribution is -3.15. The number of aromatic amines is 1. The van der Waals surface area contributed by atoms with Gasteiger partial charge in [0.1, 0.15) is 0 Å². The molecule has 1 aromatic heterocycles. The van der Waals surface area contributed by atoms with Crippen molar-refractivity contribution in [2.24, 2.45) is 0 Å². The Bertz CT molecular complexity index is 1230. The maximum Gasteiger partial charge on any atom is 0.254 e. The number of benzene rings is 3. The maximum atomic E-state index is 13.8. The quantitative estimate of drug-likeness (QED) is 0.484. The summed E-state index contributed by atoms with van der Waals surface area (Å²) < 4.78 is 0. The van der Waals surface area contributed by atoms with E-state index in [2.05, 4.69) is 4.98 Å². The molecule has 4 aromatic rings. The van der Waals surface area contributed by atoms with Crippen molar-refractivity contribution in [1.29, 1.82) is 0 Å². The van der Waals surface area contributed by atoms with Gasteiger partial charge in [0, 0.05) is 33.8 Å². The largest absolute Gasteiger partial charge is 0.360 e. The average Bonchev–Trinajstić information content (AvgIpc) is 3.30. The molecule has 5 nitrogen and oxygen atoms in total. The Morgan fingerprint density at radius 3 is 2.16 bits per heavy atom. The van der Waals surface area contributed by atoms with Gasteiger partial charge in [-0.15, -0.1) is 0 Å². The van der Waals surface area contributed by atoms with Crippen LogP contribution in [0.2, 0.25) is 0 Å². The highest BCUT2D eigenvalue weighted by molar-refractivity contribution is 6.10. The van der Waals surface area contributed by atoms with E-state index < -0.39 is 0 Å². The van der Waals surface area contributed by atoms with Gasteiger partial charge in [0.25, 0.3) is 5.91 Å². The number of nitrogens with zero attached hydrogens (tertiary/aromatic N) is 1. The van der Waals surface area contributed by atoms with E-state index in [4.69, 9.17) is 0 Å². The number of quaternary nitrogens is 1. The van der Waals surface area contributed by atoms with Gasteiger partial charge in [-0.25, -0.2) is 0 Å². The van der Waals surface area contributed by atoms with Gasteiger partial charge < -0.3 is 14.8 Å². The lowest BCUT2D eigenvalue weighted by molar-refractivity contribution is -0.925. The van der Waals surface area contributed by atoms with Crippen molar-refractivity contribution in [3.63, 3.8) is 0 Å². The molecule has 2 N–H and O–H groups in total. The van der Waals surface area contributed by atoms with Gasteiger partial charge in [-0.1, -0.05) is 66.7 Å². The highest BCUT2D eigenvalue weighted by Crippen LogP contribution is 2.23. The topological polar surface area (TPSA) is 57.6 Å². The molecule has 0 unspecified atom stereocenters. The minimum atomic E-state index is -0.301. The first-order valence-electron chi connectivity index (χ1n) is 11.1. The Morgan fingerprint density at radius 2 is 1.44 bits per heavy atom. The molecule has 3 aromatic carbocycles. The summed E-state index contributed by atoms with van der Waals surface area (Å²) in [7, 11) is 0. The number of amides is 1. The van der Waals surface area contributed by atoms with E-state index >= 15 is 0 Å². The third-order valence-electron chi connectivity index (χ3n) is 6.37. The smallest absolute Gasteiger partial charge is 0.254 e. The summed E-state index contributed by atoms with van der Waals surface area (Å²) >= 11 is 0. The summed E-state index contributed by atoms with van der Waals surface area (Å²) in [5, 5.41) is 0.954. The van der Waals surface area contributed by atoms with E-state index in [1.165, 1.54) is 4.90 Å². The lowest BCUT2D eigenvalue weighted by Gasteiger charge is -2.36. The third kappa shape index (κ3) is 3.83. The Morgan fingerprint density at radius 1 is 0.812 bits per heavy atom. The van der Waals surface area contributed by atoms with Crippen LogP contribution in [0.4, 0.5) is 0 Å². The predicted octanol–water partition coefficient (Wildman–Crippen LogP) is 3.13. The monoisotopic (exact) mass is 424 g/mol. The number of Topliss-reactive ketones (excluding diaryl/α,β-unsaturated/α-hetero) is 1. The number of hydrogen-bond donors (Lipinski definition) is 2. The SMILES string of the molecule is O=C(c1c[nH]c2ccccc12)[C@H](c1ccccc1)[NH+]1CCN(C(=O)c2ccccc2)CC1. The van der Waals surface area contributed by atoms with E-state index in [1.807, 2.05) is 96.0 Å². The van der Waals surface area contributed by atoms with Crippen LogP contribution in [0, 0.1) is 0 Å². The average molecular weight is 425 g/mol. The zero-order valence-corrected chi connectivity index (χ0v) is 17.8. The second kappa shape index (κ2) is 8.81. The summed E-state index contributed by atoms with van der Waals surface area (Å²) in [6.45, 7) is 2.72. The van der Waals surface area contributed by atoms with Crippen LogP contribution in [-0.4, -0.2) is 47.8 Å². The van der Waals surface area contributed by atoms with Crippen LogP contribution in [0.5, 0.6) is 0 Å². The van der Waals surface area contributed by atoms with Crippen molar-refractivity contribution in [2.75, 3.05) is 26.2 Å². The minimum absolute atomic E-state index is 0.0591. The Hall–Kier alpha value is -3.70. The van der Waals surface area contributed by atoms with Crippen molar-refractivity contribution in [3.8, 4) is 0 Å². The molecule has 0 radical (unpaired) electrons. The molecule has 1 aliphatic rings. The number of carbonyl (C=O) groups is 2. The molecule has 1 saturated heterocycles. The molecule has 1 fully saturated rings. The van der Waals surface area contributed by atoms with Gasteiger partial charge in [-0.2, -0.15) is 0 Å². The molecule has 5 rings (SSSR count). The van der Waals surface area contributed by atoms with Crippen LogP contribution < -0.4 is 4.90 Å². The van der Waals surface area contributed by atoms with E-state index in [0.717, 1.165) is 35.1 Å². The Balaban J connectivity index is 1.40. The number of aromatic nitrogens is 1. The molecule has 2 heterocycles. The first-order valence-corrected chi connectivity index (χ1v) is 11.1. The Kier molecular flexibility index (Phi) is 5.57. The van der Waals surface area contributed by atoms with Gasteiger partial charge in [-0.3, -0.25) is 9.59 Å². The summed E-state index contributed by atoms with van der Waals surface area (Å²) in [6, 6.07) is 27.0. The van der Waals surface area contributed by atoms with Crippen LogP contribution in [-0.2, 0) is 0 Å². The predicted molar refractivity (Wildman–Crippen MR) is 125 cm³/mol. The van der Waals surface area contributed by atoms with Crippen molar-refractivity contribution in [2.45, 2.75) is 6.04 Å². The molecular weight excluding hydrogens is 398 g/mol. The van der Waals surface area contributed by atoms with Gasteiger partial charge in [0.05, 0.1) is 26.2 Å². The first kappa shape index (κ1) is 20.2. The van der Waals surface area contributed by atoms with Gasteiger partial charge >= 0.3 is 0 Å². The number of para-hydroxylation sites is 1. The summed E-state index contributed by atoms with van der Waals surface area (Å²) in [6.07, 6.45) is 1.83. The molecule has 1 amide bonds. The molecular formula is C27H26N3O2+. The number of hydrogen-bond acceptors (Lipinski definition) is 2. The molecule has 1 atom stereocenters. The third-order valence-corrected chi connectivity index (χ3v) is 6.37. The van der Waals surface area contributed by atoms with Gasteiger partial charge in [0.2, 0.25) is 5.78 Å². The molecule has 32 heavy (non-hydrogen) atoms. The highest BCUT2D eigenvalue weighted by Gasteiger charge is 2.36. The van der Waals surface area contributed by atoms with E-state index in [-0.39, 0.29) is 17.7 Å². The maximum absolute atomic E-state index is 13.8. The minimum Gasteiger partial charge on any atom is -0.360 e. The molecule has 0 saturated carbocycles. The molecule has 0 bridgehead atoms. The Labute approximate surface area is 187 Å². The molecule has 0 aliphatic carbocycles. The van der Waals surface area contributed by atoms with Crippen molar-refractivity contribution >= 4 is 22.6 Å². The number of nitrogens with one attached hydrogen (secondary N) is 2. The molecule has 1 aliphatic heterocycles. The summed E-state index contributed by atoms with van der Waals surface area (Å²) in [5.74, 6) is 0.176. The first-order chi connectivity index (χ1) is 15.7. The number of ketones is 1. The molecule has 5 heteroatoms. The normalized spacial score (nSPS) is 15.6. The zero-order chi connectivity index (χ0) is 21.9. The highest BCUT2D eigenvalue weighted by atomic mass is 16.2. The summed E-state index contributed by atoms with van der Waals surface area (Å²) in [5.41, 5.74) is 3.42. The van der Waals surface area contributed by atoms with E-state index in [9.17, 15) is 9.59 Å². The van der Waals surface area contributed by atoms with Crippen LogP contribution in [0.15, 0.2) is 91.1 Å². The second-order valence-electron chi connectivity index (χ2n) is 8.27. The number of rotatable bonds is 5. The number of H-pyrrole nitrogens is 1. The fourth-order valence-corrected chi connectivity index (χ4v) is 4.70. The van der Waals surface area contributed by atoms with Gasteiger partial charge in [0.15, 0.2) is 6.04 Å². The fourth-order valence-electron chi connectivity index (χ4n) is 4.70. The zero-order valence-electron chi connectivity index (χ0n) is 17.8. The number of fused-ring (bicyclic) bond motifs is 1. The van der Waals surface area contributed by atoms with Crippen LogP contribution >= 0.6 is 0 Å². The van der Waals surface area contributed by atoms with E-state index in [1.54, 1.807) is 0 Å². The number of piperazine rings is 1. The summed E-state index contributed by atoms with van der Waals surface area (Å²) in [4.78, 5) is 33.0. The lowest BCUT2D eigenvalue weighted by atomic mass is 9.95. The second-order valence-corrected chi connectivity index (χ2v) is 8.27. The van der Waals surface area contributed by atoms with Crippen molar-refractivity contribution in [3.05, 3.63) is 108 Å². The van der Waals surface area contributed by atoms with Crippen molar-refractivity contribution < 1.29 is 14.5 Å². The molecule has 0 spiro atoms. The number of carbonyl (C=O) groups excluding carboxylic acids is 2. The van der Waals surface area contributed by atoms with Crippen LogP contribution in [0.1, 0.15) is 32.3 Å². The van der Waals surface area contributed by atoms with Crippen LogP contribution in [0.3, 0.4) is 0 Å².